The highest BCUT2D eigenvalue weighted by Gasteiger charge is 2.08. The predicted molar refractivity (Wildman–Crippen MR) is 87.4 cm³/mol. The number of hydrogen-bond donors (Lipinski definition) is 1. The summed E-state index contributed by atoms with van der Waals surface area (Å²) in [4.78, 5) is 4.76. The standard InChI is InChI=1S/C18H20N2/c1-12(2)18(15-8-5-13(3)6-9-15)20-17-11-16(19)10-7-14(17)4/h5-11H,4,19H2,1-3H3/b20-17-. The van der Waals surface area contributed by atoms with Crippen molar-refractivity contribution in [3.05, 3.63) is 77.0 Å². The van der Waals surface area contributed by atoms with Crippen LogP contribution >= 0.6 is 0 Å². The minimum absolute atomic E-state index is 0.702. The second-order valence-electron chi connectivity index (χ2n) is 5.21. The lowest BCUT2D eigenvalue weighted by Crippen LogP contribution is -2.07. The van der Waals surface area contributed by atoms with Gasteiger partial charge in [-0.2, -0.15) is 0 Å². The van der Waals surface area contributed by atoms with Crippen molar-refractivity contribution in [3.8, 4) is 0 Å². The van der Waals surface area contributed by atoms with Gasteiger partial charge in [-0.25, -0.2) is 4.99 Å². The summed E-state index contributed by atoms with van der Waals surface area (Å²) in [6, 6.07) is 8.38. The fourth-order valence-electron chi connectivity index (χ4n) is 1.98. The molecular weight excluding hydrogens is 244 g/mol. The van der Waals surface area contributed by atoms with Gasteiger partial charge in [0.25, 0.3) is 0 Å². The molecule has 0 bridgehead atoms. The smallest absolute Gasteiger partial charge is 0.0724 e. The van der Waals surface area contributed by atoms with Crippen LogP contribution in [0.25, 0.3) is 5.70 Å². The summed E-state index contributed by atoms with van der Waals surface area (Å²) in [7, 11) is 0. The van der Waals surface area contributed by atoms with Crippen LogP contribution in [0.3, 0.4) is 0 Å². The van der Waals surface area contributed by atoms with Gasteiger partial charge in [0.15, 0.2) is 0 Å². The van der Waals surface area contributed by atoms with E-state index in [-0.39, 0.29) is 0 Å². The maximum Gasteiger partial charge on any atom is 0.0724 e. The third-order valence-electron chi connectivity index (χ3n) is 3.14. The van der Waals surface area contributed by atoms with Crippen LogP contribution < -0.4 is 5.73 Å². The van der Waals surface area contributed by atoms with Crippen molar-refractivity contribution < 1.29 is 0 Å². The van der Waals surface area contributed by atoms with Gasteiger partial charge in [-0.15, -0.1) is 0 Å². The summed E-state index contributed by atoms with van der Waals surface area (Å²) >= 11 is 0. The zero-order valence-corrected chi connectivity index (χ0v) is 12.3. The lowest BCUT2D eigenvalue weighted by atomic mass is 10.0. The maximum atomic E-state index is 5.83. The van der Waals surface area contributed by atoms with Crippen molar-refractivity contribution >= 4 is 11.4 Å². The van der Waals surface area contributed by atoms with Crippen LogP contribution in [0.15, 0.2) is 70.9 Å². The molecule has 102 valence electrons. The van der Waals surface area contributed by atoms with Crippen LogP contribution in [-0.4, -0.2) is 5.71 Å². The highest BCUT2D eigenvalue weighted by molar-refractivity contribution is 6.13. The molecule has 2 nitrogen and oxygen atoms in total. The predicted octanol–water partition coefficient (Wildman–Crippen LogP) is 4.16. The van der Waals surface area contributed by atoms with Gasteiger partial charge >= 0.3 is 0 Å². The van der Waals surface area contributed by atoms with Crippen LogP contribution in [-0.2, 0) is 0 Å². The van der Waals surface area contributed by atoms with Crippen LogP contribution in [0.2, 0.25) is 0 Å². The Bertz CT molecular complexity index is 649. The molecule has 1 aromatic carbocycles. The van der Waals surface area contributed by atoms with Gasteiger partial charge in [-0.05, 0) is 38.5 Å². The molecule has 0 atom stereocenters. The zero-order chi connectivity index (χ0) is 14.7. The van der Waals surface area contributed by atoms with E-state index in [2.05, 4.69) is 51.6 Å². The van der Waals surface area contributed by atoms with Gasteiger partial charge < -0.3 is 5.73 Å². The van der Waals surface area contributed by atoms with Crippen molar-refractivity contribution in [2.45, 2.75) is 20.8 Å². The zero-order valence-electron chi connectivity index (χ0n) is 12.3. The first-order valence-electron chi connectivity index (χ1n) is 6.65. The summed E-state index contributed by atoms with van der Waals surface area (Å²) in [6.07, 6.45) is 5.60. The fourth-order valence-corrected chi connectivity index (χ4v) is 1.98. The van der Waals surface area contributed by atoms with Crippen molar-refractivity contribution in [1.29, 1.82) is 0 Å². The average molecular weight is 264 g/mol. The molecule has 20 heavy (non-hydrogen) atoms. The topological polar surface area (TPSA) is 38.4 Å². The number of nitrogens with two attached hydrogens (primary N) is 1. The first-order valence-corrected chi connectivity index (χ1v) is 6.65. The van der Waals surface area contributed by atoms with E-state index < -0.39 is 0 Å². The second-order valence-corrected chi connectivity index (χ2v) is 5.21. The molecule has 0 aliphatic heterocycles. The van der Waals surface area contributed by atoms with E-state index in [9.17, 15) is 0 Å². The largest absolute Gasteiger partial charge is 0.399 e. The molecule has 1 aromatic rings. The highest BCUT2D eigenvalue weighted by Crippen LogP contribution is 2.23. The summed E-state index contributed by atoms with van der Waals surface area (Å²) in [5.74, 6) is 0. The molecule has 0 saturated heterocycles. The van der Waals surface area contributed by atoms with Crippen molar-refractivity contribution in [3.63, 3.8) is 0 Å². The van der Waals surface area contributed by atoms with Gasteiger partial charge in [0, 0.05) is 11.3 Å². The first kappa shape index (κ1) is 14.1. The molecule has 0 heterocycles. The molecule has 1 aliphatic rings. The Labute approximate surface area is 120 Å². The van der Waals surface area contributed by atoms with Gasteiger partial charge in [0.1, 0.15) is 0 Å². The van der Waals surface area contributed by atoms with Crippen LogP contribution in [0.1, 0.15) is 25.0 Å². The van der Waals surface area contributed by atoms with E-state index in [1.165, 1.54) is 5.56 Å². The summed E-state index contributed by atoms with van der Waals surface area (Å²) in [5, 5.41) is 0. The minimum Gasteiger partial charge on any atom is -0.399 e. The van der Waals surface area contributed by atoms with Crippen molar-refractivity contribution in [2.24, 2.45) is 10.7 Å². The minimum atomic E-state index is 0.702. The third-order valence-corrected chi connectivity index (χ3v) is 3.14. The molecule has 0 saturated carbocycles. The molecule has 0 amide bonds. The Morgan fingerprint density at radius 3 is 2.35 bits per heavy atom. The molecule has 0 spiro atoms. The normalized spacial score (nSPS) is 16.2. The highest BCUT2D eigenvalue weighted by atomic mass is 14.8. The molecule has 0 aromatic heterocycles. The lowest BCUT2D eigenvalue weighted by Gasteiger charge is -2.11. The number of benzene rings is 1. The van der Waals surface area contributed by atoms with Crippen LogP contribution in [0, 0.1) is 6.92 Å². The molecule has 2 rings (SSSR count). The molecule has 2 N–H and O–H groups in total. The van der Waals surface area contributed by atoms with Crippen LogP contribution in [0.5, 0.6) is 0 Å². The van der Waals surface area contributed by atoms with E-state index in [0.717, 1.165) is 28.1 Å². The van der Waals surface area contributed by atoms with E-state index in [1.54, 1.807) is 0 Å². The van der Waals surface area contributed by atoms with Gasteiger partial charge in [0.05, 0.1) is 11.4 Å². The Balaban J connectivity index is 2.47. The Morgan fingerprint density at radius 2 is 1.75 bits per heavy atom. The number of hydrogen-bond acceptors (Lipinski definition) is 2. The second kappa shape index (κ2) is 5.74. The SMILES string of the molecule is C=C1C=CC(N)=C/C1=N/C(=C(C)C)c1ccc(C)cc1. The van der Waals surface area contributed by atoms with Crippen molar-refractivity contribution in [2.75, 3.05) is 0 Å². The molecular formula is C18H20N2. The first-order chi connectivity index (χ1) is 9.47. The van der Waals surface area contributed by atoms with Crippen molar-refractivity contribution in [1.82, 2.24) is 0 Å². The van der Waals surface area contributed by atoms with Gasteiger partial charge in [-0.1, -0.05) is 48.1 Å². The van der Waals surface area contributed by atoms with Crippen LogP contribution in [0.4, 0.5) is 0 Å². The van der Waals surface area contributed by atoms with Gasteiger partial charge in [0.2, 0.25) is 0 Å². The summed E-state index contributed by atoms with van der Waals surface area (Å²) in [6.45, 7) is 10.2. The van der Waals surface area contributed by atoms with E-state index in [0.29, 0.717) is 5.70 Å². The molecule has 0 fully saturated rings. The lowest BCUT2D eigenvalue weighted by molar-refractivity contribution is 1.32. The number of nitrogens with zero attached hydrogens (tertiary/aromatic N) is 1. The number of allylic oxidation sites excluding steroid dienone is 5. The summed E-state index contributed by atoms with van der Waals surface area (Å²) in [5.41, 5.74) is 12.7. The summed E-state index contributed by atoms with van der Waals surface area (Å²) < 4.78 is 0. The molecule has 2 heteroatoms. The number of rotatable bonds is 2. The number of aliphatic imine (C=N–C) groups is 1. The number of aryl methyl sites for hydroxylation is 1. The van der Waals surface area contributed by atoms with E-state index in [1.807, 2.05) is 18.2 Å². The average Bonchev–Trinajstić information content (AvgIpc) is 2.40. The van der Waals surface area contributed by atoms with E-state index in [4.69, 9.17) is 10.7 Å². The third kappa shape index (κ3) is 3.15. The quantitative estimate of drug-likeness (QED) is 0.856. The maximum absolute atomic E-state index is 5.83. The van der Waals surface area contributed by atoms with Gasteiger partial charge in [-0.3, -0.25) is 0 Å². The Hall–Kier alpha value is -2.35. The monoisotopic (exact) mass is 264 g/mol. The molecule has 1 aliphatic carbocycles. The molecule has 0 radical (unpaired) electrons. The fraction of sp³-hybridized carbons (Fsp3) is 0.167. The Kier molecular flexibility index (Phi) is 4.04. The molecule has 0 unspecified atom stereocenters. The van der Waals surface area contributed by atoms with E-state index >= 15 is 0 Å². The Morgan fingerprint density at radius 1 is 1.10 bits per heavy atom.